The summed E-state index contributed by atoms with van der Waals surface area (Å²) in [6, 6.07) is 12.8. The van der Waals surface area contributed by atoms with Crippen LogP contribution in [0.3, 0.4) is 0 Å². The molecule has 22 heavy (non-hydrogen) atoms. The van der Waals surface area contributed by atoms with Gasteiger partial charge in [-0.05, 0) is 36.8 Å². The fraction of sp³-hybridized carbons (Fsp3) is 0.235. The van der Waals surface area contributed by atoms with Crippen molar-refractivity contribution in [2.45, 2.75) is 19.4 Å². The van der Waals surface area contributed by atoms with Crippen LogP contribution in [-0.4, -0.2) is 19.1 Å². The first-order valence-electron chi connectivity index (χ1n) is 7.00. The van der Waals surface area contributed by atoms with E-state index < -0.39 is 11.9 Å². The van der Waals surface area contributed by atoms with Crippen LogP contribution in [0.2, 0.25) is 0 Å². The van der Waals surface area contributed by atoms with E-state index in [4.69, 9.17) is 9.47 Å². The number of rotatable bonds is 6. The minimum Gasteiger partial charge on any atom is -0.493 e. The number of amides is 1. The molecule has 2 aromatic carbocycles. The fourth-order valence-electron chi connectivity index (χ4n) is 1.98. The molecule has 0 aliphatic heterocycles. The van der Waals surface area contributed by atoms with Crippen LogP contribution >= 0.6 is 0 Å². The van der Waals surface area contributed by atoms with Crippen molar-refractivity contribution in [2.24, 2.45) is 0 Å². The third-order valence-electron chi connectivity index (χ3n) is 3.09. The van der Waals surface area contributed by atoms with E-state index >= 15 is 0 Å². The molecule has 0 saturated carbocycles. The van der Waals surface area contributed by atoms with Crippen LogP contribution in [-0.2, 0) is 4.79 Å². The molecular weight excluding hydrogens is 285 g/mol. The number of ether oxygens (including phenoxy) is 2. The molecule has 0 aliphatic carbocycles. The highest BCUT2D eigenvalue weighted by molar-refractivity contribution is 5.94. The first-order chi connectivity index (χ1) is 10.6. The minimum atomic E-state index is -0.695. The maximum absolute atomic E-state index is 13.1. The van der Waals surface area contributed by atoms with E-state index in [-0.39, 0.29) is 5.91 Å². The van der Waals surface area contributed by atoms with E-state index in [1.54, 1.807) is 24.3 Å². The summed E-state index contributed by atoms with van der Waals surface area (Å²) in [5, 5.41) is 2.65. The molecule has 1 unspecified atom stereocenters. The topological polar surface area (TPSA) is 47.6 Å². The molecule has 1 atom stereocenters. The standard InChI is InChI=1S/C17H18FNO3/c1-3-14(22-16-10-5-4-9-15(16)21-2)17(20)19-13-8-6-7-12(18)11-13/h4-11,14H,3H2,1-2H3,(H,19,20). The van der Waals surface area contributed by atoms with E-state index in [0.29, 0.717) is 23.6 Å². The number of anilines is 1. The van der Waals surface area contributed by atoms with Crippen molar-refractivity contribution in [1.29, 1.82) is 0 Å². The Morgan fingerprint density at radius 2 is 1.91 bits per heavy atom. The molecule has 2 aromatic rings. The highest BCUT2D eigenvalue weighted by atomic mass is 19.1. The monoisotopic (exact) mass is 303 g/mol. The lowest BCUT2D eigenvalue weighted by Gasteiger charge is -2.18. The number of hydrogen-bond acceptors (Lipinski definition) is 3. The van der Waals surface area contributed by atoms with Crippen LogP contribution in [0, 0.1) is 5.82 Å². The zero-order valence-corrected chi connectivity index (χ0v) is 12.5. The summed E-state index contributed by atoms with van der Waals surface area (Å²) < 4.78 is 24.1. The van der Waals surface area contributed by atoms with Crippen LogP contribution in [0.1, 0.15) is 13.3 Å². The van der Waals surface area contributed by atoms with Crippen molar-refractivity contribution < 1.29 is 18.7 Å². The first kappa shape index (κ1) is 15.8. The number of carbonyl (C=O) groups excluding carboxylic acids is 1. The number of methoxy groups -OCH3 is 1. The van der Waals surface area contributed by atoms with Gasteiger partial charge in [0.15, 0.2) is 17.6 Å². The van der Waals surface area contributed by atoms with E-state index in [1.807, 2.05) is 13.0 Å². The Hall–Kier alpha value is -2.56. The van der Waals surface area contributed by atoms with E-state index in [0.717, 1.165) is 0 Å². The fourth-order valence-corrected chi connectivity index (χ4v) is 1.98. The number of nitrogens with one attached hydrogen (secondary N) is 1. The molecule has 2 rings (SSSR count). The summed E-state index contributed by atoms with van der Waals surface area (Å²) in [6.45, 7) is 1.84. The summed E-state index contributed by atoms with van der Waals surface area (Å²) in [5.74, 6) is 0.307. The normalized spacial score (nSPS) is 11.6. The molecule has 0 aliphatic rings. The SMILES string of the molecule is CCC(Oc1ccccc1OC)C(=O)Nc1cccc(F)c1. The van der Waals surface area contributed by atoms with Crippen LogP contribution in [0.4, 0.5) is 10.1 Å². The Morgan fingerprint density at radius 1 is 1.18 bits per heavy atom. The maximum Gasteiger partial charge on any atom is 0.265 e. The van der Waals surface area contributed by atoms with Crippen LogP contribution in [0.15, 0.2) is 48.5 Å². The van der Waals surface area contributed by atoms with Gasteiger partial charge in [0, 0.05) is 5.69 Å². The van der Waals surface area contributed by atoms with E-state index in [1.165, 1.54) is 25.3 Å². The number of halogens is 1. The highest BCUT2D eigenvalue weighted by Crippen LogP contribution is 2.27. The molecule has 0 aromatic heterocycles. The zero-order valence-electron chi connectivity index (χ0n) is 12.5. The largest absolute Gasteiger partial charge is 0.493 e. The summed E-state index contributed by atoms with van der Waals surface area (Å²) in [7, 11) is 1.54. The van der Waals surface area contributed by atoms with Gasteiger partial charge in [0.1, 0.15) is 5.82 Å². The van der Waals surface area contributed by atoms with Gasteiger partial charge in [-0.1, -0.05) is 25.1 Å². The quantitative estimate of drug-likeness (QED) is 0.886. The van der Waals surface area contributed by atoms with Gasteiger partial charge in [0.2, 0.25) is 0 Å². The zero-order chi connectivity index (χ0) is 15.9. The maximum atomic E-state index is 13.1. The van der Waals surface area contributed by atoms with Gasteiger partial charge in [0.25, 0.3) is 5.91 Å². The molecule has 116 valence electrons. The van der Waals surface area contributed by atoms with Gasteiger partial charge in [-0.15, -0.1) is 0 Å². The predicted molar refractivity (Wildman–Crippen MR) is 82.7 cm³/mol. The van der Waals surface area contributed by atoms with E-state index in [9.17, 15) is 9.18 Å². The molecule has 0 fully saturated rings. The Bertz CT molecular complexity index is 645. The van der Waals surface area contributed by atoms with Crippen LogP contribution in [0.25, 0.3) is 0 Å². The molecule has 1 amide bonds. The summed E-state index contributed by atoms with van der Waals surface area (Å²) in [4.78, 5) is 12.3. The van der Waals surface area contributed by atoms with Crippen molar-refractivity contribution in [1.82, 2.24) is 0 Å². The molecular formula is C17H18FNO3. The average molecular weight is 303 g/mol. The highest BCUT2D eigenvalue weighted by Gasteiger charge is 2.20. The lowest BCUT2D eigenvalue weighted by Crippen LogP contribution is -2.32. The molecule has 0 radical (unpaired) electrons. The Morgan fingerprint density at radius 3 is 2.55 bits per heavy atom. The Labute approximate surface area is 128 Å². The Balaban J connectivity index is 2.09. The van der Waals surface area contributed by atoms with Crippen molar-refractivity contribution in [3.05, 3.63) is 54.3 Å². The molecule has 0 bridgehead atoms. The molecule has 0 heterocycles. The second-order valence-electron chi connectivity index (χ2n) is 4.67. The lowest BCUT2D eigenvalue weighted by molar-refractivity contribution is -0.122. The first-order valence-corrected chi connectivity index (χ1v) is 7.00. The molecule has 1 N–H and O–H groups in total. The molecule has 0 spiro atoms. The van der Waals surface area contributed by atoms with E-state index in [2.05, 4.69) is 5.32 Å². The van der Waals surface area contributed by atoms with Gasteiger partial charge in [-0.25, -0.2) is 4.39 Å². The number of para-hydroxylation sites is 2. The minimum absolute atomic E-state index is 0.334. The van der Waals surface area contributed by atoms with Crippen LogP contribution < -0.4 is 14.8 Å². The van der Waals surface area contributed by atoms with Gasteiger partial charge < -0.3 is 14.8 Å². The molecule has 5 heteroatoms. The molecule has 4 nitrogen and oxygen atoms in total. The smallest absolute Gasteiger partial charge is 0.265 e. The lowest BCUT2D eigenvalue weighted by atomic mass is 10.2. The second kappa shape index (κ2) is 7.45. The van der Waals surface area contributed by atoms with Gasteiger partial charge in [-0.2, -0.15) is 0 Å². The third-order valence-corrected chi connectivity index (χ3v) is 3.09. The Kier molecular flexibility index (Phi) is 5.36. The predicted octanol–water partition coefficient (Wildman–Crippen LogP) is 3.63. The summed E-state index contributed by atoms with van der Waals surface area (Å²) in [5.41, 5.74) is 0.395. The number of carbonyl (C=O) groups is 1. The average Bonchev–Trinajstić information content (AvgIpc) is 2.52. The van der Waals surface area contributed by atoms with Gasteiger partial charge >= 0.3 is 0 Å². The summed E-state index contributed by atoms with van der Waals surface area (Å²) in [6.07, 6.45) is -0.223. The van der Waals surface area contributed by atoms with Gasteiger partial charge in [0.05, 0.1) is 7.11 Å². The summed E-state index contributed by atoms with van der Waals surface area (Å²) >= 11 is 0. The number of benzene rings is 2. The third kappa shape index (κ3) is 3.97. The van der Waals surface area contributed by atoms with Crippen molar-refractivity contribution in [2.75, 3.05) is 12.4 Å². The second-order valence-corrected chi connectivity index (χ2v) is 4.67. The van der Waals surface area contributed by atoms with Crippen molar-refractivity contribution in [3.8, 4) is 11.5 Å². The molecule has 0 saturated heterocycles. The van der Waals surface area contributed by atoms with Crippen LogP contribution in [0.5, 0.6) is 11.5 Å². The number of hydrogen-bond donors (Lipinski definition) is 1. The van der Waals surface area contributed by atoms with Gasteiger partial charge in [-0.3, -0.25) is 4.79 Å². The van der Waals surface area contributed by atoms with Crippen molar-refractivity contribution in [3.63, 3.8) is 0 Å². The van der Waals surface area contributed by atoms with Crippen molar-refractivity contribution >= 4 is 11.6 Å².